The Morgan fingerprint density at radius 1 is 0.842 bits per heavy atom. The summed E-state index contributed by atoms with van der Waals surface area (Å²) in [7, 11) is 0. The minimum Gasteiger partial charge on any atom is -0.371 e. The zero-order valence-corrected chi connectivity index (χ0v) is 11.7. The summed E-state index contributed by atoms with van der Waals surface area (Å²) in [6.45, 7) is 2.15. The Kier molecular flexibility index (Phi) is 3.74. The van der Waals surface area contributed by atoms with Crippen LogP contribution in [0, 0.1) is 0 Å². The van der Waals surface area contributed by atoms with Crippen LogP contribution in [0.5, 0.6) is 0 Å². The van der Waals surface area contributed by atoms with Crippen LogP contribution in [0.3, 0.4) is 0 Å². The monoisotopic (exact) mass is 271 g/mol. The predicted molar refractivity (Wildman–Crippen MR) is 82.1 cm³/mol. The maximum atomic E-state index is 6.05. The number of hydrogen-bond donors (Lipinski definition) is 0. The third kappa shape index (κ3) is 2.62. The Balaban J connectivity index is 1.85. The van der Waals surface area contributed by atoms with Crippen LogP contribution in [0.2, 0.25) is 0 Å². The fourth-order valence-electron chi connectivity index (χ4n) is 2.84. The molecule has 0 amide bonds. The number of hydrogen-bond acceptors (Lipinski definition) is 1. The summed E-state index contributed by atoms with van der Waals surface area (Å²) < 4.78 is 0. The lowest BCUT2D eigenvalue weighted by Crippen LogP contribution is -2.26. The molecule has 0 saturated carbocycles. The summed E-state index contributed by atoms with van der Waals surface area (Å²) in [5.74, 6) is 0.583. The van der Waals surface area contributed by atoms with E-state index in [2.05, 4.69) is 53.4 Å². The molecule has 0 N–H and O–H groups in total. The fraction of sp³-hybridized carbons (Fsp3) is 0.294. The Bertz CT molecular complexity index is 538. The lowest BCUT2D eigenvalue weighted by atomic mass is 10.0. The number of fused-ring (bicyclic) bond motifs is 1. The van der Waals surface area contributed by atoms with Gasteiger partial charge in [0, 0.05) is 24.7 Å². The first-order valence-electron chi connectivity index (χ1n) is 6.84. The van der Waals surface area contributed by atoms with Gasteiger partial charge in [0.1, 0.15) is 0 Å². The van der Waals surface area contributed by atoms with E-state index in [1.165, 1.54) is 22.4 Å². The van der Waals surface area contributed by atoms with Gasteiger partial charge < -0.3 is 4.90 Å². The Morgan fingerprint density at radius 2 is 1.42 bits per heavy atom. The van der Waals surface area contributed by atoms with Gasteiger partial charge in [-0.3, -0.25) is 0 Å². The average molecular weight is 272 g/mol. The minimum atomic E-state index is 0.583. The van der Waals surface area contributed by atoms with Crippen molar-refractivity contribution in [3.8, 4) is 0 Å². The number of anilines is 1. The standard InChI is InChI=1S/C17H18ClN/c18-13-16-7-3-4-8-17(16)19-11-9-14-5-1-2-6-15(14)10-12-19/h1-8H,9-13H2. The van der Waals surface area contributed by atoms with E-state index in [0.29, 0.717) is 5.88 Å². The molecule has 0 aromatic heterocycles. The minimum absolute atomic E-state index is 0.583. The summed E-state index contributed by atoms with van der Waals surface area (Å²) >= 11 is 6.05. The lowest BCUT2D eigenvalue weighted by molar-refractivity contribution is 0.802. The summed E-state index contributed by atoms with van der Waals surface area (Å²) in [4.78, 5) is 2.47. The predicted octanol–water partition coefficient (Wildman–Crippen LogP) is 4.03. The van der Waals surface area contributed by atoms with E-state index in [9.17, 15) is 0 Å². The second kappa shape index (κ2) is 5.66. The van der Waals surface area contributed by atoms with E-state index in [4.69, 9.17) is 11.6 Å². The molecule has 0 saturated heterocycles. The highest BCUT2D eigenvalue weighted by atomic mass is 35.5. The average Bonchev–Trinajstić information content (AvgIpc) is 2.70. The molecule has 0 spiro atoms. The van der Waals surface area contributed by atoms with Gasteiger partial charge in [-0.05, 0) is 35.6 Å². The summed E-state index contributed by atoms with van der Waals surface area (Å²) in [6.07, 6.45) is 2.24. The molecule has 3 rings (SSSR count). The van der Waals surface area contributed by atoms with Crippen molar-refractivity contribution < 1.29 is 0 Å². The molecule has 1 nitrogen and oxygen atoms in total. The smallest absolute Gasteiger partial charge is 0.0494 e. The summed E-state index contributed by atoms with van der Waals surface area (Å²) in [5, 5.41) is 0. The molecule has 0 fully saturated rings. The van der Waals surface area contributed by atoms with Crippen molar-refractivity contribution in [3.05, 3.63) is 65.2 Å². The molecule has 0 unspecified atom stereocenters. The molecule has 1 heterocycles. The van der Waals surface area contributed by atoms with Crippen LogP contribution in [-0.2, 0) is 18.7 Å². The molecule has 0 aliphatic carbocycles. The second-order valence-electron chi connectivity index (χ2n) is 5.02. The van der Waals surface area contributed by atoms with Gasteiger partial charge in [-0.1, -0.05) is 42.5 Å². The van der Waals surface area contributed by atoms with E-state index in [0.717, 1.165) is 25.9 Å². The van der Waals surface area contributed by atoms with E-state index >= 15 is 0 Å². The number of para-hydroxylation sites is 1. The molecule has 0 bridgehead atoms. The Labute approximate surface area is 119 Å². The van der Waals surface area contributed by atoms with Crippen molar-refractivity contribution in [1.29, 1.82) is 0 Å². The van der Waals surface area contributed by atoms with Gasteiger partial charge in [0.15, 0.2) is 0 Å². The molecule has 2 heteroatoms. The maximum absolute atomic E-state index is 6.05. The molecule has 0 atom stereocenters. The topological polar surface area (TPSA) is 3.24 Å². The number of benzene rings is 2. The van der Waals surface area contributed by atoms with E-state index in [1.54, 1.807) is 0 Å². The summed E-state index contributed by atoms with van der Waals surface area (Å²) in [5.41, 5.74) is 5.52. The molecular weight excluding hydrogens is 254 g/mol. The van der Waals surface area contributed by atoms with Gasteiger partial charge in [0.2, 0.25) is 0 Å². The van der Waals surface area contributed by atoms with Crippen LogP contribution in [0.25, 0.3) is 0 Å². The first kappa shape index (κ1) is 12.6. The van der Waals surface area contributed by atoms with Crippen molar-refractivity contribution in [1.82, 2.24) is 0 Å². The zero-order chi connectivity index (χ0) is 13.1. The number of rotatable bonds is 2. The molecule has 2 aromatic carbocycles. The van der Waals surface area contributed by atoms with E-state index < -0.39 is 0 Å². The van der Waals surface area contributed by atoms with Gasteiger partial charge in [-0.15, -0.1) is 11.6 Å². The first-order chi connectivity index (χ1) is 9.38. The van der Waals surface area contributed by atoms with Gasteiger partial charge in [0.25, 0.3) is 0 Å². The van der Waals surface area contributed by atoms with Crippen molar-refractivity contribution in [2.24, 2.45) is 0 Å². The van der Waals surface area contributed by atoms with E-state index in [1.807, 2.05) is 0 Å². The zero-order valence-electron chi connectivity index (χ0n) is 11.0. The number of alkyl halides is 1. The first-order valence-corrected chi connectivity index (χ1v) is 7.37. The molecule has 2 aromatic rings. The number of nitrogens with zero attached hydrogens (tertiary/aromatic N) is 1. The fourth-order valence-corrected chi connectivity index (χ4v) is 3.07. The number of halogens is 1. The van der Waals surface area contributed by atoms with Gasteiger partial charge >= 0.3 is 0 Å². The van der Waals surface area contributed by atoms with Crippen LogP contribution in [-0.4, -0.2) is 13.1 Å². The third-order valence-electron chi connectivity index (χ3n) is 3.90. The van der Waals surface area contributed by atoms with Crippen LogP contribution < -0.4 is 4.90 Å². The molecule has 1 aliphatic rings. The Hall–Kier alpha value is -1.47. The largest absolute Gasteiger partial charge is 0.371 e. The molecular formula is C17H18ClN. The van der Waals surface area contributed by atoms with Crippen LogP contribution in [0.15, 0.2) is 48.5 Å². The summed E-state index contributed by atoms with van der Waals surface area (Å²) in [6, 6.07) is 17.3. The normalized spacial score (nSPS) is 14.9. The van der Waals surface area contributed by atoms with Gasteiger partial charge in [-0.25, -0.2) is 0 Å². The van der Waals surface area contributed by atoms with Crippen molar-refractivity contribution in [2.45, 2.75) is 18.7 Å². The third-order valence-corrected chi connectivity index (χ3v) is 4.18. The highest BCUT2D eigenvalue weighted by Gasteiger charge is 2.15. The van der Waals surface area contributed by atoms with Crippen LogP contribution in [0.4, 0.5) is 5.69 Å². The molecule has 98 valence electrons. The van der Waals surface area contributed by atoms with Crippen molar-refractivity contribution in [3.63, 3.8) is 0 Å². The van der Waals surface area contributed by atoms with Crippen LogP contribution in [0.1, 0.15) is 16.7 Å². The highest BCUT2D eigenvalue weighted by Crippen LogP contribution is 2.25. The molecule has 0 radical (unpaired) electrons. The van der Waals surface area contributed by atoms with Crippen molar-refractivity contribution >= 4 is 17.3 Å². The Morgan fingerprint density at radius 3 is 2.05 bits per heavy atom. The second-order valence-corrected chi connectivity index (χ2v) is 5.29. The van der Waals surface area contributed by atoms with Crippen molar-refractivity contribution in [2.75, 3.05) is 18.0 Å². The van der Waals surface area contributed by atoms with Gasteiger partial charge in [-0.2, -0.15) is 0 Å². The molecule has 19 heavy (non-hydrogen) atoms. The SMILES string of the molecule is ClCc1ccccc1N1CCc2ccccc2CC1. The maximum Gasteiger partial charge on any atom is 0.0494 e. The highest BCUT2D eigenvalue weighted by molar-refractivity contribution is 6.17. The quantitative estimate of drug-likeness (QED) is 0.746. The van der Waals surface area contributed by atoms with E-state index in [-0.39, 0.29) is 0 Å². The van der Waals surface area contributed by atoms with Crippen LogP contribution >= 0.6 is 11.6 Å². The lowest BCUT2D eigenvalue weighted by Gasteiger charge is -2.24. The van der Waals surface area contributed by atoms with Gasteiger partial charge in [0.05, 0.1) is 0 Å². The molecule has 1 aliphatic heterocycles.